The van der Waals surface area contributed by atoms with Crippen molar-refractivity contribution in [3.8, 4) is 17.2 Å². The highest BCUT2D eigenvalue weighted by molar-refractivity contribution is 5.77. The molecule has 0 N–H and O–H groups in total. The molecule has 1 rings (SSSR count). The molecule has 0 aromatic heterocycles. The molecule has 0 fully saturated rings. The van der Waals surface area contributed by atoms with E-state index in [0.717, 1.165) is 19.4 Å². The molecule has 0 saturated heterocycles. The van der Waals surface area contributed by atoms with Gasteiger partial charge in [-0.3, -0.25) is 4.79 Å². The maximum atomic E-state index is 11.9. The van der Waals surface area contributed by atoms with Gasteiger partial charge in [0.05, 0.1) is 14.2 Å². The molecular weight excluding hydrogens is 258 g/mol. The van der Waals surface area contributed by atoms with E-state index in [1.165, 1.54) is 0 Å². The van der Waals surface area contributed by atoms with E-state index >= 15 is 0 Å². The fraction of sp³-hybridized carbons (Fsp3) is 0.533. The third-order valence-electron chi connectivity index (χ3n) is 2.96. The summed E-state index contributed by atoms with van der Waals surface area (Å²) in [6.07, 6.45) is 2.06. The van der Waals surface area contributed by atoms with Crippen LogP contribution in [0.1, 0.15) is 19.8 Å². The molecule has 1 aromatic rings. The zero-order valence-electron chi connectivity index (χ0n) is 12.6. The maximum absolute atomic E-state index is 11.9. The first-order valence-corrected chi connectivity index (χ1v) is 6.70. The van der Waals surface area contributed by atoms with Crippen LogP contribution >= 0.6 is 0 Å². The van der Waals surface area contributed by atoms with Crippen LogP contribution in [-0.2, 0) is 4.79 Å². The number of carbonyl (C=O) groups excluding carboxylic acids is 1. The largest absolute Gasteiger partial charge is 0.496 e. The van der Waals surface area contributed by atoms with E-state index in [1.807, 2.05) is 0 Å². The normalized spacial score (nSPS) is 10.0. The number of unbranched alkanes of at least 4 members (excludes halogenated alkanes) is 1. The third kappa shape index (κ3) is 4.99. The van der Waals surface area contributed by atoms with Crippen molar-refractivity contribution in [2.75, 3.05) is 34.4 Å². The van der Waals surface area contributed by atoms with Crippen molar-refractivity contribution in [3.05, 3.63) is 18.2 Å². The van der Waals surface area contributed by atoms with E-state index in [1.54, 1.807) is 44.4 Å². The lowest BCUT2D eigenvalue weighted by Gasteiger charge is -2.17. The molecule has 0 unspecified atom stereocenters. The summed E-state index contributed by atoms with van der Waals surface area (Å²) in [7, 11) is 4.93. The highest BCUT2D eigenvalue weighted by atomic mass is 16.5. The van der Waals surface area contributed by atoms with Crippen molar-refractivity contribution in [1.29, 1.82) is 0 Å². The Kier molecular flexibility index (Phi) is 6.70. The number of likely N-dealkylation sites (N-methyl/N-ethyl adjacent to an activating group) is 1. The Hall–Kier alpha value is -1.91. The summed E-state index contributed by atoms with van der Waals surface area (Å²) in [6.45, 7) is 2.86. The summed E-state index contributed by atoms with van der Waals surface area (Å²) in [4.78, 5) is 13.6. The van der Waals surface area contributed by atoms with Gasteiger partial charge < -0.3 is 19.1 Å². The Bertz CT molecular complexity index is 412. The molecule has 5 nitrogen and oxygen atoms in total. The van der Waals surface area contributed by atoms with E-state index < -0.39 is 0 Å². The second kappa shape index (κ2) is 8.30. The molecule has 0 heterocycles. The van der Waals surface area contributed by atoms with E-state index in [-0.39, 0.29) is 12.5 Å². The fourth-order valence-electron chi connectivity index (χ4n) is 1.64. The Morgan fingerprint density at radius 3 is 2.15 bits per heavy atom. The van der Waals surface area contributed by atoms with Crippen LogP contribution in [-0.4, -0.2) is 45.2 Å². The molecule has 1 aromatic carbocycles. The van der Waals surface area contributed by atoms with Gasteiger partial charge in [0.15, 0.2) is 6.61 Å². The summed E-state index contributed by atoms with van der Waals surface area (Å²) in [5, 5.41) is 0. The van der Waals surface area contributed by atoms with Gasteiger partial charge in [-0.1, -0.05) is 13.3 Å². The monoisotopic (exact) mass is 281 g/mol. The molecule has 0 radical (unpaired) electrons. The average Bonchev–Trinajstić information content (AvgIpc) is 2.49. The molecule has 0 saturated carbocycles. The maximum Gasteiger partial charge on any atom is 0.260 e. The van der Waals surface area contributed by atoms with E-state index in [4.69, 9.17) is 14.2 Å². The number of hydrogen-bond acceptors (Lipinski definition) is 4. The molecule has 0 aliphatic heterocycles. The molecule has 0 atom stereocenters. The van der Waals surface area contributed by atoms with Crippen molar-refractivity contribution >= 4 is 5.91 Å². The van der Waals surface area contributed by atoms with Crippen molar-refractivity contribution in [3.63, 3.8) is 0 Å². The second-order valence-corrected chi connectivity index (χ2v) is 4.51. The molecule has 1 amide bonds. The number of ether oxygens (including phenoxy) is 3. The van der Waals surface area contributed by atoms with Crippen LogP contribution in [0.4, 0.5) is 0 Å². The highest BCUT2D eigenvalue weighted by Crippen LogP contribution is 2.27. The van der Waals surface area contributed by atoms with Gasteiger partial charge in [0.1, 0.15) is 17.2 Å². The topological polar surface area (TPSA) is 48.0 Å². The zero-order valence-corrected chi connectivity index (χ0v) is 12.6. The minimum Gasteiger partial charge on any atom is -0.496 e. The van der Waals surface area contributed by atoms with Gasteiger partial charge in [-0.05, 0) is 6.42 Å². The first kappa shape index (κ1) is 16.1. The standard InChI is InChI=1S/C15H23NO4/c1-5-6-7-16(2)15(17)11-20-14-9-12(18-3)8-13(10-14)19-4/h8-10H,5-7,11H2,1-4H3. The Balaban J connectivity index is 2.58. The number of amides is 1. The predicted octanol–water partition coefficient (Wildman–Crippen LogP) is 2.34. The lowest BCUT2D eigenvalue weighted by molar-refractivity contribution is -0.132. The van der Waals surface area contributed by atoms with E-state index in [9.17, 15) is 4.79 Å². The molecule has 0 aliphatic rings. The lowest BCUT2D eigenvalue weighted by Crippen LogP contribution is -2.32. The summed E-state index contributed by atoms with van der Waals surface area (Å²) in [6, 6.07) is 5.20. The molecular formula is C15H23NO4. The van der Waals surface area contributed by atoms with Crippen LogP contribution in [0.5, 0.6) is 17.2 Å². The van der Waals surface area contributed by atoms with Crippen molar-refractivity contribution < 1.29 is 19.0 Å². The number of nitrogens with zero attached hydrogens (tertiary/aromatic N) is 1. The number of rotatable bonds is 8. The van der Waals surface area contributed by atoms with Crippen LogP contribution in [0.3, 0.4) is 0 Å². The van der Waals surface area contributed by atoms with Gasteiger partial charge in [-0.15, -0.1) is 0 Å². The average molecular weight is 281 g/mol. The SMILES string of the molecule is CCCCN(C)C(=O)COc1cc(OC)cc(OC)c1. The molecule has 0 bridgehead atoms. The summed E-state index contributed by atoms with van der Waals surface area (Å²) in [5.74, 6) is 1.77. The number of hydrogen-bond donors (Lipinski definition) is 0. The van der Waals surface area contributed by atoms with Gasteiger partial charge >= 0.3 is 0 Å². The van der Waals surface area contributed by atoms with E-state index in [2.05, 4.69) is 6.92 Å². The Labute approximate surface area is 120 Å². The summed E-state index contributed by atoms with van der Waals surface area (Å²) < 4.78 is 15.8. The lowest BCUT2D eigenvalue weighted by atomic mass is 10.3. The Morgan fingerprint density at radius 2 is 1.65 bits per heavy atom. The van der Waals surface area contributed by atoms with Crippen molar-refractivity contribution in [2.45, 2.75) is 19.8 Å². The summed E-state index contributed by atoms with van der Waals surface area (Å²) in [5.41, 5.74) is 0. The number of benzene rings is 1. The predicted molar refractivity (Wildman–Crippen MR) is 77.6 cm³/mol. The zero-order chi connectivity index (χ0) is 15.0. The van der Waals surface area contributed by atoms with Crippen molar-refractivity contribution in [1.82, 2.24) is 4.90 Å². The first-order valence-electron chi connectivity index (χ1n) is 6.70. The van der Waals surface area contributed by atoms with Crippen LogP contribution in [0.2, 0.25) is 0 Å². The van der Waals surface area contributed by atoms with Crippen LogP contribution in [0, 0.1) is 0 Å². The smallest absolute Gasteiger partial charge is 0.260 e. The first-order chi connectivity index (χ1) is 9.60. The molecule has 112 valence electrons. The molecule has 0 aliphatic carbocycles. The van der Waals surface area contributed by atoms with Gasteiger partial charge in [0.25, 0.3) is 5.91 Å². The van der Waals surface area contributed by atoms with Gasteiger partial charge in [0.2, 0.25) is 0 Å². The third-order valence-corrected chi connectivity index (χ3v) is 2.96. The second-order valence-electron chi connectivity index (χ2n) is 4.51. The fourth-order valence-corrected chi connectivity index (χ4v) is 1.64. The molecule has 0 spiro atoms. The van der Waals surface area contributed by atoms with Crippen LogP contribution in [0.15, 0.2) is 18.2 Å². The van der Waals surface area contributed by atoms with Crippen molar-refractivity contribution in [2.24, 2.45) is 0 Å². The van der Waals surface area contributed by atoms with Gasteiger partial charge in [0, 0.05) is 31.8 Å². The number of methoxy groups -OCH3 is 2. The number of carbonyl (C=O) groups is 1. The highest BCUT2D eigenvalue weighted by Gasteiger charge is 2.10. The van der Waals surface area contributed by atoms with Crippen LogP contribution in [0.25, 0.3) is 0 Å². The molecule has 5 heteroatoms. The van der Waals surface area contributed by atoms with E-state index in [0.29, 0.717) is 17.2 Å². The minimum atomic E-state index is -0.0414. The quantitative estimate of drug-likeness (QED) is 0.734. The summed E-state index contributed by atoms with van der Waals surface area (Å²) >= 11 is 0. The van der Waals surface area contributed by atoms with Crippen LogP contribution < -0.4 is 14.2 Å². The Morgan fingerprint density at radius 1 is 1.10 bits per heavy atom. The molecule has 20 heavy (non-hydrogen) atoms. The minimum absolute atomic E-state index is 0.0105. The van der Waals surface area contributed by atoms with Gasteiger partial charge in [-0.2, -0.15) is 0 Å². The van der Waals surface area contributed by atoms with Gasteiger partial charge in [-0.25, -0.2) is 0 Å².